The van der Waals surface area contributed by atoms with Gasteiger partial charge >= 0.3 is 0 Å². The van der Waals surface area contributed by atoms with Crippen LogP contribution in [0.5, 0.6) is 0 Å². The van der Waals surface area contributed by atoms with Gasteiger partial charge in [-0.15, -0.1) is 0 Å². The number of aryl methyl sites for hydroxylation is 2. The van der Waals surface area contributed by atoms with Crippen LogP contribution in [0.1, 0.15) is 22.3 Å². The van der Waals surface area contributed by atoms with E-state index < -0.39 is 10.0 Å². The maximum atomic E-state index is 11.7. The van der Waals surface area contributed by atoms with E-state index in [1.807, 2.05) is 19.9 Å². The molecule has 0 N–H and O–H groups in total. The van der Waals surface area contributed by atoms with Gasteiger partial charge in [0.1, 0.15) is 0 Å². The summed E-state index contributed by atoms with van der Waals surface area (Å²) in [5.41, 5.74) is 2.98. The predicted molar refractivity (Wildman–Crippen MR) is 60.7 cm³/mol. The lowest BCUT2D eigenvalue weighted by atomic mass is 10.0. The molecule has 5 heteroatoms. The van der Waals surface area contributed by atoms with Gasteiger partial charge in [0, 0.05) is 0 Å². The molecule has 0 radical (unpaired) electrons. The van der Waals surface area contributed by atoms with E-state index in [9.17, 15) is 13.2 Å². The zero-order valence-electron chi connectivity index (χ0n) is 9.66. The molecule has 4 nitrogen and oxygen atoms in total. The summed E-state index contributed by atoms with van der Waals surface area (Å²) in [6.45, 7) is 7.06. The number of rotatable bonds is 2. The van der Waals surface area contributed by atoms with Gasteiger partial charge in [0.2, 0.25) is 0 Å². The van der Waals surface area contributed by atoms with E-state index in [1.54, 1.807) is 13.8 Å². The van der Waals surface area contributed by atoms with Crippen LogP contribution < -0.4 is 0 Å². The second-order valence-electron chi connectivity index (χ2n) is 3.75. The molecule has 0 heterocycles. The average Bonchev–Trinajstić information content (AvgIpc) is 2.14. The second kappa shape index (κ2) is 4.20. The lowest BCUT2D eigenvalue weighted by Crippen LogP contribution is -2.05. The van der Waals surface area contributed by atoms with Crippen molar-refractivity contribution in [1.82, 2.24) is 0 Å². The summed E-state index contributed by atoms with van der Waals surface area (Å²) < 4.78 is 26.4. The number of isocyanates is 1. The van der Waals surface area contributed by atoms with E-state index in [4.69, 9.17) is 0 Å². The summed E-state index contributed by atoms with van der Waals surface area (Å²) in [4.78, 5) is 10.2. The first-order valence-corrected chi connectivity index (χ1v) is 6.17. The maximum absolute atomic E-state index is 11.7. The van der Waals surface area contributed by atoms with E-state index in [0.717, 1.165) is 17.2 Å². The Kier molecular flexibility index (Phi) is 3.31. The molecule has 0 aliphatic heterocycles. The first kappa shape index (κ1) is 12.6. The highest BCUT2D eigenvalue weighted by atomic mass is 32.2. The van der Waals surface area contributed by atoms with Crippen LogP contribution in [0.3, 0.4) is 0 Å². The Bertz CT molecular complexity index is 555. The van der Waals surface area contributed by atoms with Crippen LogP contribution in [0, 0.1) is 27.7 Å². The summed E-state index contributed by atoms with van der Waals surface area (Å²) in [6.07, 6.45) is 1.09. The van der Waals surface area contributed by atoms with Crippen LogP contribution in [0.2, 0.25) is 0 Å². The summed E-state index contributed by atoms with van der Waals surface area (Å²) in [5.74, 6) is 0. The molecule has 0 amide bonds. The van der Waals surface area contributed by atoms with Crippen molar-refractivity contribution in [2.75, 3.05) is 0 Å². The van der Waals surface area contributed by atoms with Gasteiger partial charge in [-0.3, -0.25) is 0 Å². The lowest BCUT2D eigenvalue weighted by Gasteiger charge is -2.12. The number of hydrogen-bond donors (Lipinski definition) is 0. The molecular formula is C11H13NO3S. The molecule has 0 bridgehead atoms. The van der Waals surface area contributed by atoms with E-state index in [-0.39, 0.29) is 4.90 Å². The van der Waals surface area contributed by atoms with Crippen LogP contribution in [-0.4, -0.2) is 14.5 Å². The van der Waals surface area contributed by atoms with E-state index in [1.165, 1.54) is 0 Å². The molecule has 86 valence electrons. The number of hydrogen-bond acceptors (Lipinski definition) is 3. The van der Waals surface area contributed by atoms with Crippen molar-refractivity contribution in [2.45, 2.75) is 32.6 Å². The minimum absolute atomic E-state index is 0.119. The third-order valence-electron chi connectivity index (χ3n) is 2.71. The number of carbonyl (C=O) groups excluding carboxylic acids is 1. The number of nitrogens with zero attached hydrogens (tertiary/aromatic N) is 1. The first-order valence-electron chi connectivity index (χ1n) is 4.73. The summed E-state index contributed by atoms with van der Waals surface area (Å²) >= 11 is 0. The highest BCUT2D eigenvalue weighted by Crippen LogP contribution is 2.27. The van der Waals surface area contributed by atoms with Gasteiger partial charge in [0.15, 0.2) is 0 Å². The van der Waals surface area contributed by atoms with Crippen molar-refractivity contribution in [3.05, 3.63) is 28.3 Å². The Hall–Kier alpha value is -1.45. The SMILES string of the molecule is Cc1cc(C)c(C)c(S(=O)(=O)N=C=O)c1C. The summed E-state index contributed by atoms with van der Waals surface area (Å²) in [6, 6.07) is 1.91. The van der Waals surface area contributed by atoms with Gasteiger partial charge in [-0.2, -0.15) is 8.42 Å². The van der Waals surface area contributed by atoms with Crippen LogP contribution in [-0.2, 0) is 14.8 Å². The maximum Gasteiger partial charge on any atom is 0.293 e. The molecule has 0 aromatic heterocycles. The molecule has 0 fully saturated rings. The van der Waals surface area contributed by atoms with Gasteiger partial charge in [-0.25, -0.2) is 4.79 Å². The standard InChI is InChI=1S/C11H13NO3S/c1-7-5-8(2)10(4)11(9(7)3)16(14,15)12-6-13/h5H,1-4H3. The van der Waals surface area contributed by atoms with E-state index in [0.29, 0.717) is 11.1 Å². The van der Waals surface area contributed by atoms with Crippen LogP contribution in [0.25, 0.3) is 0 Å². The first-order chi connectivity index (χ1) is 7.31. The smallest absolute Gasteiger partial charge is 0.210 e. The van der Waals surface area contributed by atoms with Crippen LogP contribution >= 0.6 is 0 Å². The Morgan fingerprint density at radius 3 is 1.88 bits per heavy atom. The topological polar surface area (TPSA) is 63.6 Å². The predicted octanol–water partition coefficient (Wildman–Crippen LogP) is 1.94. The molecule has 0 saturated heterocycles. The molecule has 0 spiro atoms. The van der Waals surface area contributed by atoms with E-state index in [2.05, 4.69) is 4.40 Å². The Morgan fingerprint density at radius 2 is 1.50 bits per heavy atom. The molecule has 1 aromatic carbocycles. The number of benzene rings is 1. The molecule has 16 heavy (non-hydrogen) atoms. The largest absolute Gasteiger partial charge is 0.293 e. The van der Waals surface area contributed by atoms with Crippen molar-refractivity contribution in [1.29, 1.82) is 0 Å². The van der Waals surface area contributed by atoms with Crippen LogP contribution in [0.4, 0.5) is 0 Å². The summed E-state index contributed by atoms with van der Waals surface area (Å²) in [7, 11) is -3.92. The molecule has 0 unspecified atom stereocenters. The lowest BCUT2D eigenvalue weighted by molar-refractivity contribution is 0.563. The van der Waals surface area contributed by atoms with Crippen molar-refractivity contribution < 1.29 is 13.2 Å². The molecule has 0 aliphatic carbocycles. The second-order valence-corrected chi connectivity index (χ2v) is 5.29. The van der Waals surface area contributed by atoms with Gasteiger partial charge in [-0.05, 0) is 49.9 Å². The van der Waals surface area contributed by atoms with Gasteiger partial charge in [0.25, 0.3) is 16.1 Å². The van der Waals surface area contributed by atoms with E-state index >= 15 is 0 Å². The molecular weight excluding hydrogens is 226 g/mol. The quantitative estimate of drug-likeness (QED) is 0.585. The average molecular weight is 239 g/mol. The fourth-order valence-corrected chi connectivity index (χ4v) is 2.95. The van der Waals surface area contributed by atoms with Crippen molar-refractivity contribution in [3.63, 3.8) is 0 Å². The molecule has 0 saturated carbocycles. The monoisotopic (exact) mass is 239 g/mol. The Balaban J connectivity index is 3.76. The van der Waals surface area contributed by atoms with Gasteiger partial charge in [-0.1, -0.05) is 10.5 Å². The zero-order chi connectivity index (χ0) is 12.5. The minimum Gasteiger partial charge on any atom is -0.210 e. The highest BCUT2D eigenvalue weighted by Gasteiger charge is 2.21. The zero-order valence-corrected chi connectivity index (χ0v) is 10.5. The Morgan fingerprint density at radius 1 is 1.06 bits per heavy atom. The molecule has 0 atom stereocenters. The van der Waals surface area contributed by atoms with Crippen LogP contribution in [0.15, 0.2) is 15.4 Å². The number of sulfonamides is 1. The molecule has 1 rings (SSSR count). The summed E-state index contributed by atoms with van der Waals surface area (Å²) in [5, 5.41) is 0. The Labute approximate surface area is 95.1 Å². The van der Waals surface area contributed by atoms with Crippen molar-refractivity contribution in [3.8, 4) is 0 Å². The fraction of sp³-hybridized carbons (Fsp3) is 0.364. The highest BCUT2D eigenvalue weighted by molar-refractivity contribution is 7.90. The minimum atomic E-state index is -3.92. The fourth-order valence-electron chi connectivity index (χ4n) is 1.66. The normalized spacial score (nSPS) is 11.0. The molecule has 0 aliphatic rings. The van der Waals surface area contributed by atoms with Gasteiger partial charge in [0.05, 0.1) is 4.90 Å². The third kappa shape index (κ3) is 2.05. The van der Waals surface area contributed by atoms with Crippen molar-refractivity contribution >= 4 is 16.1 Å². The molecule has 1 aromatic rings. The van der Waals surface area contributed by atoms with Gasteiger partial charge < -0.3 is 0 Å². The van der Waals surface area contributed by atoms with Crippen molar-refractivity contribution in [2.24, 2.45) is 4.40 Å². The third-order valence-corrected chi connectivity index (χ3v) is 4.16.